The van der Waals surface area contributed by atoms with E-state index >= 15 is 0 Å². The minimum atomic E-state index is 0.615. The highest BCUT2D eigenvalue weighted by molar-refractivity contribution is 5.43. The van der Waals surface area contributed by atoms with Gasteiger partial charge in [-0.3, -0.25) is 5.43 Å². The summed E-state index contributed by atoms with van der Waals surface area (Å²) in [5.74, 6) is 0.615. The number of nitrogens with zero attached hydrogens (tertiary/aromatic N) is 4. The third kappa shape index (κ3) is 1.54. The maximum atomic E-state index is 4.31. The molecule has 0 radical (unpaired) electrons. The van der Waals surface area contributed by atoms with Gasteiger partial charge in [0.05, 0.1) is 0 Å². The number of hydrogen-bond donors (Lipinski definition) is 1. The second-order valence-electron chi connectivity index (χ2n) is 3.38. The van der Waals surface area contributed by atoms with Gasteiger partial charge in [0.1, 0.15) is 0 Å². The number of rotatable bonds is 2. The summed E-state index contributed by atoms with van der Waals surface area (Å²) in [5.41, 5.74) is 4.94. The molecule has 2 rings (SSSR count). The highest BCUT2D eigenvalue weighted by Gasteiger charge is 2.04. The third-order valence-corrected chi connectivity index (χ3v) is 1.87. The number of nitrogens with one attached hydrogen (secondary N) is 1. The van der Waals surface area contributed by atoms with Crippen LogP contribution in [0.5, 0.6) is 0 Å². The molecule has 0 spiro atoms. The van der Waals surface area contributed by atoms with E-state index in [1.54, 1.807) is 0 Å². The van der Waals surface area contributed by atoms with Crippen LogP contribution in [0.15, 0.2) is 18.2 Å². The Kier molecular flexibility index (Phi) is 2.09. The number of aryl methyl sites for hydroxylation is 1. The van der Waals surface area contributed by atoms with E-state index in [0.29, 0.717) is 5.95 Å². The fraction of sp³-hybridized carbons (Fsp3) is 0.333. The van der Waals surface area contributed by atoms with Crippen molar-refractivity contribution in [2.24, 2.45) is 0 Å². The predicted molar refractivity (Wildman–Crippen MR) is 55.0 cm³/mol. The molecule has 0 aliphatic rings. The summed E-state index contributed by atoms with van der Waals surface area (Å²) >= 11 is 0. The maximum absolute atomic E-state index is 4.31. The van der Waals surface area contributed by atoms with Gasteiger partial charge in [0.15, 0.2) is 5.65 Å². The molecular weight excluding hydrogens is 178 g/mol. The molecule has 5 nitrogen and oxygen atoms in total. The molecule has 0 fully saturated rings. The van der Waals surface area contributed by atoms with Crippen LogP contribution in [-0.2, 0) is 0 Å². The SMILES string of the molecule is Cc1cccc2nc(NN(C)C)nn12. The van der Waals surface area contributed by atoms with Gasteiger partial charge in [-0.15, -0.1) is 5.10 Å². The molecule has 0 amide bonds. The fourth-order valence-electron chi connectivity index (χ4n) is 1.28. The van der Waals surface area contributed by atoms with Crippen LogP contribution in [-0.4, -0.2) is 33.7 Å². The Balaban J connectivity index is 2.46. The van der Waals surface area contributed by atoms with Gasteiger partial charge in [0, 0.05) is 19.8 Å². The molecule has 2 heterocycles. The lowest BCUT2D eigenvalue weighted by Gasteiger charge is -2.07. The zero-order chi connectivity index (χ0) is 10.1. The first-order chi connectivity index (χ1) is 6.66. The predicted octanol–water partition coefficient (Wildman–Crippen LogP) is 0.926. The zero-order valence-corrected chi connectivity index (χ0v) is 8.52. The van der Waals surface area contributed by atoms with Crippen molar-refractivity contribution >= 4 is 11.6 Å². The first-order valence-electron chi connectivity index (χ1n) is 4.43. The molecule has 0 saturated heterocycles. The molecule has 14 heavy (non-hydrogen) atoms. The number of pyridine rings is 1. The van der Waals surface area contributed by atoms with Crippen molar-refractivity contribution in [1.82, 2.24) is 19.6 Å². The Morgan fingerprint density at radius 2 is 2.14 bits per heavy atom. The number of hydrazine groups is 1. The highest BCUT2D eigenvalue weighted by atomic mass is 15.5. The first kappa shape index (κ1) is 8.96. The fourth-order valence-corrected chi connectivity index (χ4v) is 1.28. The molecule has 2 aromatic heterocycles. The van der Waals surface area contributed by atoms with Crippen molar-refractivity contribution in [3.8, 4) is 0 Å². The lowest BCUT2D eigenvalue weighted by molar-refractivity contribution is 0.489. The average molecular weight is 191 g/mol. The largest absolute Gasteiger partial charge is 0.286 e. The van der Waals surface area contributed by atoms with Crippen LogP contribution in [0, 0.1) is 6.92 Å². The quantitative estimate of drug-likeness (QED) is 0.717. The van der Waals surface area contributed by atoms with E-state index in [0.717, 1.165) is 11.3 Å². The Morgan fingerprint density at radius 3 is 2.79 bits per heavy atom. The molecule has 1 N–H and O–H groups in total. The topological polar surface area (TPSA) is 45.5 Å². The Labute approximate surface area is 82.3 Å². The van der Waals surface area contributed by atoms with Gasteiger partial charge in [-0.25, -0.2) is 9.52 Å². The molecule has 74 valence electrons. The van der Waals surface area contributed by atoms with Gasteiger partial charge >= 0.3 is 0 Å². The van der Waals surface area contributed by atoms with Gasteiger partial charge in [0.2, 0.25) is 0 Å². The molecule has 0 unspecified atom stereocenters. The standard InChI is InChI=1S/C9H13N5/c1-7-5-4-6-8-10-9(11-13(2)3)12-14(7)8/h4-6H,1-3H3,(H,11,12). The van der Waals surface area contributed by atoms with E-state index in [1.165, 1.54) is 0 Å². The van der Waals surface area contributed by atoms with Gasteiger partial charge in [0.25, 0.3) is 5.95 Å². The highest BCUT2D eigenvalue weighted by Crippen LogP contribution is 2.07. The van der Waals surface area contributed by atoms with Gasteiger partial charge in [-0.1, -0.05) is 6.07 Å². The van der Waals surface area contributed by atoms with Crippen molar-refractivity contribution in [3.63, 3.8) is 0 Å². The monoisotopic (exact) mass is 191 g/mol. The molecule has 0 atom stereocenters. The Bertz CT molecular complexity index is 445. The lowest BCUT2D eigenvalue weighted by atomic mass is 10.4. The van der Waals surface area contributed by atoms with Crippen molar-refractivity contribution in [3.05, 3.63) is 23.9 Å². The van der Waals surface area contributed by atoms with E-state index in [2.05, 4.69) is 15.5 Å². The van der Waals surface area contributed by atoms with Crippen LogP contribution in [0.2, 0.25) is 0 Å². The molecule has 0 aliphatic heterocycles. The van der Waals surface area contributed by atoms with Crippen LogP contribution >= 0.6 is 0 Å². The van der Waals surface area contributed by atoms with E-state index in [9.17, 15) is 0 Å². The van der Waals surface area contributed by atoms with E-state index < -0.39 is 0 Å². The summed E-state index contributed by atoms with van der Waals surface area (Å²) in [5, 5.41) is 6.11. The normalized spacial score (nSPS) is 11.1. The lowest BCUT2D eigenvalue weighted by Crippen LogP contribution is -2.20. The summed E-state index contributed by atoms with van der Waals surface area (Å²) in [4.78, 5) is 4.31. The van der Waals surface area contributed by atoms with Gasteiger partial charge in [-0.2, -0.15) is 4.98 Å². The maximum Gasteiger partial charge on any atom is 0.257 e. The van der Waals surface area contributed by atoms with E-state index in [-0.39, 0.29) is 0 Å². The number of anilines is 1. The van der Waals surface area contributed by atoms with Crippen LogP contribution in [0.1, 0.15) is 5.69 Å². The van der Waals surface area contributed by atoms with Crippen LogP contribution in [0.25, 0.3) is 5.65 Å². The average Bonchev–Trinajstić information content (AvgIpc) is 2.47. The second kappa shape index (κ2) is 3.26. The molecule has 0 aromatic carbocycles. The number of fused-ring (bicyclic) bond motifs is 1. The van der Waals surface area contributed by atoms with Crippen molar-refractivity contribution in [1.29, 1.82) is 0 Å². The molecule has 0 bridgehead atoms. The first-order valence-corrected chi connectivity index (χ1v) is 4.43. The Hall–Kier alpha value is -1.62. The molecular formula is C9H13N5. The molecule has 5 heteroatoms. The zero-order valence-electron chi connectivity index (χ0n) is 8.52. The molecule has 2 aromatic rings. The Morgan fingerprint density at radius 1 is 1.36 bits per heavy atom. The smallest absolute Gasteiger partial charge is 0.257 e. The summed E-state index contributed by atoms with van der Waals surface area (Å²) in [6, 6.07) is 5.90. The summed E-state index contributed by atoms with van der Waals surface area (Å²) in [7, 11) is 3.80. The minimum absolute atomic E-state index is 0.615. The summed E-state index contributed by atoms with van der Waals surface area (Å²) in [6.07, 6.45) is 0. The summed E-state index contributed by atoms with van der Waals surface area (Å²) in [6.45, 7) is 2.00. The third-order valence-electron chi connectivity index (χ3n) is 1.87. The van der Waals surface area contributed by atoms with Crippen molar-refractivity contribution < 1.29 is 0 Å². The second-order valence-corrected chi connectivity index (χ2v) is 3.38. The molecule has 0 saturated carbocycles. The number of aromatic nitrogens is 3. The molecule has 0 aliphatic carbocycles. The van der Waals surface area contributed by atoms with E-state index in [1.807, 2.05) is 48.7 Å². The number of hydrogen-bond acceptors (Lipinski definition) is 4. The van der Waals surface area contributed by atoms with Crippen molar-refractivity contribution in [2.45, 2.75) is 6.92 Å². The van der Waals surface area contributed by atoms with Crippen LogP contribution < -0.4 is 5.43 Å². The minimum Gasteiger partial charge on any atom is -0.286 e. The summed E-state index contributed by atoms with van der Waals surface area (Å²) < 4.78 is 1.81. The van der Waals surface area contributed by atoms with Crippen LogP contribution in [0.3, 0.4) is 0 Å². The van der Waals surface area contributed by atoms with Gasteiger partial charge < -0.3 is 0 Å². The van der Waals surface area contributed by atoms with Crippen molar-refractivity contribution in [2.75, 3.05) is 19.5 Å². The van der Waals surface area contributed by atoms with E-state index in [4.69, 9.17) is 0 Å². The van der Waals surface area contributed by atoms with Crippen LogP contribution in [0.4, 0.5) is 5.95 Å². The van der Waals surface area contributed by atoms with Gasteiger partial charge in [-0.05, 0) is 19.1 Å².